The Labute approximate surface area is 163 Å². The smallest absolute Gasteiger partial charge is 0.161 e. The molecule has 1 atom stereocenters. The van der Waals surface area contributed by atoms with E-state index in [1.54, 1.807) is 11.3 Å². The molecule has 1 fully saturated rings. The molecule has 4 rings (SSSR count). The van der Waals surface area contributed by atoms with E-state index in [-0.39, 0.29) is 11.7 Å². The normalized spacial score (nSPS) is 24.2. The lowest BCUT2D eigenvalue weighted by molar-refractivity contribution is -0.117. The molecular weight excluding hydrogens is 360 g/mol. The maximum Gasteiger partial charge on any atom is 0.161 e. The van der Waals surface area contributed by atoms with Gasteiger partial charge in [-0.2, -0.15) is 5.26 Å². The molecular formula is C20H24N4O2S. The number of aryl methyl sites for hydroxylation is 1. The molecule has 6 nitrogen and oxygen atoms in total. The van der Waals surface area contributed by atoms with E-state index >= 15 is 0 Å². The Kier molecular flexibility index (Phi) is 5.04. The third kappa shape index (κ3) is 3.08. The van der Waals surface area contributed by atoms with E-state index in [1.165, 1.54) is 4.88 Å². The van der Waals surface area contributed by atoms with Gasteiger partial charge in [0.2, 0.25) is 0 Å². The van der Waals surface area contributed by atoms with Gasteiger partial charge < -0.3 is 10.5 Å². The van der Waals surface area contributed by atoms with Crippen molar-refractivity contribution in [1.82, 2.24) is 10.0 Å². The molecule has 1 aliphatic carbocycles. The van der Waals surface area contributed by atoms with Crippen LogP contribution >= 0.6 is 11.3 Å². The Morgan fingerprint density at radius 2 is 2.11 bits per heavy atom. The van der Waals surface area contributed by atoms with Gasteiger partial charge in [-0.15, -0.1) is 11.3 Å². The fraction of sp³-hybridized carbons (Fsp3) is 0.500. The van der Waals surface area contributed by atoms with Gasteiger partial charge in [-0.05, 0) is 31.4 Å². The van der Waals surface area contributed by atoms with Crippen LogP contribution in [-0.4, -0.2) is 42.1 Å². The number of ether oxygens (including phenoxy) is 1. The average molecular weight is 385 g/mol. The Morgan fingerprint density at radius 3 is 2.78 bits per heavy atom. The van der Waals surface area contributed by atoms with Crippen molar-refractivity contribution in [2.24, 2.45) is 5.73 Å². The summed E-state index contributed by atoms with van der Waals surface area (Å²) in [6.45, 7) is 4.76. The summed E-state index contributed by atoms with van der Waals surface area (Å²) in [5, 5.41) is 14.0. The molecule has 0 amide bonds. The number of ketones is 1. The second-order valence-electron chi connectivity index (χ2n) is 7.02. The lowest BCUT2D eigenvalue weighted by Crippen LogP contribution is -2.52. The van der Waals surface area contributed by atoms with E-state index in [2.05, 4.69) is 30.1 Å². The van der Waals surface area contributed by atoms with Gasteiger partial charge in [-0.3, -0.25) is 9.80 Å². The first-order chi connectivity index (χ1) is 13.2. The van der Waals surface area contributed by atoms with Crippen LogP contribution in [0.15, 0.2) is 34.8 Å². The standard InChI is InChI=1S/C20H24N4O2S/c1-2-13-6-7-17(27-13)18-14(12-21)20(22)24(23-8-10-26-11-9-23)15-4-3-5-16(25)19(15)18/h6-7,18H,2-5,8-11,22H2,1H3. The second-order valence-corrected chi connectivity index (χ2v) is 8.22. The summed E-state index contributed by atoms with van der Waals surface area (Å²) in [6.07, 6.45) is 3.11. The van der Waals surface area contributed by atoms with Crippen LogP contribution in [0.25, 0.3) is 0 Å². The fourth-order valence-electron chi connectivity index (χ4n) is 4.17. The van der Waals surface area contributed by atoms with Gasteiger partial charge in [-0.1, -0.05) is 6.92 Å². The highest BCUT2D eigenvalue weighted by Gasteiger charge is 2.42. The van der Waals surface area contributed by atoms with Crippen LogP contribution in [0.1, 0.15) is 41.9 Å². The molecule has 1 unspecified atom stereocenters. The number of hydrogen-bond donors (Lipinski definition) is 1. The number of Topliss-reactive ketones (excluding diaryl/α,β-unsaturated/α-hetero) is 1. The molecule has 0 saturated carbocycles. The Bertz CT molecular complexity index is 858. The number of hydrazine groups is 1. The van der Waals surface area contributed by atoms with E-state index < -0.39 is 0 Å². The summed E-state index contributed by atoms with van der Waals surface area (Å²) in [7, 11) is 0. The predicted molar refractivity (Wildman–Crippen MR) is 103 cm³/mol. The quantitative estimate of drug-likeness (QED) is 0.863. The molecule has 1 aromatic rings. The highest BCUT2D eigenvalue weighted by Crippen LogP contribution is 2.46. The summed E-state index contributed by atoms with van der Waals surface area (Å²) < 4.78 is 5.47. The van der Waals surface area contributed by atoms with Crippen LogP contribution in [0, 0.1) is 11.3 Å². The lowest BCUT2D eigenvalue weighted by Gasteiger charge is -2.45. The molecule has 27 heavy (non-hydrogen) atoms. The van der Waals surface area contributed by atoms with Gasteiger partial charge in [-0.25, -0.2) is 5.01 Å². The molecule has 0 spiro atoms. The third-order valence-corrected chi connectivity index (χ3v) is 6.77. The number of hydrogen-bond acceptors (Lipinski definition) is 7. The number of nitriles is 1. The number of nitrogens with two attached hydrogens (primary N) is 1. The van der Waals surface area contributed by atoms with Crippen molar-refractivity contribution < 1.29 is 9.53 Å². The van der Waals surface area contributed by atoms with Crippen molar-refractivity contribution in [3.8, 4) is 6.07 Å². The SMILES string of the molecule is CCc1ccc(C2C(C#N)=C(N)N(N3CCOCC3)C3=C2C(=O)CCC3)s1. The van der Waals surface area contributed by atoms with Gasteiger partial charge in [0.15, 0.2) is 5.78 Å². The summed E-state index contributed by atoms with van der Waals surface area (Å²) in [5.41, 5.74) is 8.77. The zero-order valence-electron chi connectivity index (χ0n) is 15.5. The van der Waals surface area contributed by atoms with Crippen molar-refractivity contribution >= 4 is 17.1 Å². The van der Waals surface area contributed by atoms with Crippen LogP contribution in [-0.2, 0) is 16.0 Å². The van der Waals surface area contributed by atoms with Crippen molar-refractivity contribution in [3.63, 3.8) is 0 Å². The van der Waals surface area contributed by atoms with Crippen LogP contribution in [0.5, 0.6) is 0 Å². The van der Waals surface area contributed by atoms with Crippen LogP contribution in [0.2, 0.25) is 0 Å². The topological polar surface area (TPSA) is 82.6 Å². The molecule has 3 heterocycles. The number of thiophene rings is 1. The molecule has 2 aliphatic heterocycles. The number of carbonyl (C=O) groups excluding carboxylic acids is 1. The summed E-state index contributed by atoms with van der Waals surface area (Å²) in [4.78, 5) is 15.3. The van der Waals surface area contributed by atoms with Crippen LogP contribution in [0.4, 0.5) is 0 Å². The highest BCUT2D eigenvalue weighted by atomic mass is 32.1. The molecule has 0 bridgehead atoms. The summed E-state index contributed by atoms with van der Waals surface area (Å²) in [5.74, 6) is 0.274. The monoisotopic (exact) mass is 384 g/mol. The molecule has 0 aromatic carbocycles. The zero-order valence-corrected chi connectivity index (χ0v) is 16.3. The molecule has 142 valence electrons. The van der Waals surface area contributed by atoms with Gasteiger partial charge in [0, 0.05) is 40.5 Å². The van der Waals surface area contributed by atoms with E-state index in [4.69, 9.17) is 10.5 Å². The van der Waals surface area contributed by atoms with Crippen LogP contribution in [0.3, 0.4) is 0 Å². The van der Waals surface area contributed by atoms with Crippen molar-refractivity contribution in [2.75, 3.05) is 26.3 Å². The summed E-state index contributed by atoms with van der Waals surface area (Å²) in [6, 6.07) is 6.47. The van der Waals surface area contributed by atoms with Crippen LogP contribution < -0.4 is 5.73 Å². The van der Waals surface area contributed by atoms with Crippen molar-refractivity contribution in [2.45, 2.75) is 38.5 Å². The number of rotatable bonds is 3. The first-order valence-corrected chi connectivity index (χ1v) is 10.3. The van der Waals surface area contributed by atoms with E-state index in [1.807, 2.05) is 5.01 Å². The van der Waals surface area contributed by atoms with Gasteiger partial charge in [0.25, 0.3) is 0 Å². The maximum absolute atomic E-state index is 13.0. The Hall–Kier alpha value is -2.14. The van der Waals surface area contributed by atoms with E-state index in [9.17, 15) is 10.1 Å². The zero-order chi connectivity index (χ0) is 19.0. The average Bonchev–Trinajstić information content (AvgIpc) is 3.17. The minimum atomic E-state index is -0.333. The molecule has 1 saturated heterocycles. The second kappa shape index (κ2) is 7.47. The number of carbonyl (C=O) groups is 1. The largest absolute Gasteiger partial charge is 0.383 e. The highest BCUT2D eigenvalue weighted by molar-refractivity contribution is 7.12. The Morgan fingerprint density at radius 1 is 1.33 bits per heavy atom. The number of morpholine rings is 1. The fourth-order valence-corrected chi connectivity index (χ4v) is 5.24. The van der Waals surface area contributed by atoms with Gasteiger partial charge >= 0.3 is 0 Å². The first kappa shape index (κ1) is 18.2. The molecule has 3 aliphatic rings. The van der Waals surface area contributed by atoms with Gasteiger partial charge in [0.1, 0.15) is 5.82 Å². The van der Waals surface area contributed by atoms with E-state index in [0.717, 1.165) is 35.4 Å². The maximum atomic E-state index is 13.0. The van der Waals surface area contributed by atoms with E-state index in [0.29, 0.717) is 44.1 Å². The number of allylic oxidation sites excluding steroid dienone is 3. The molecule has 2 N–H and O–H groups in total. The minimum absolute atomic E-state index is 0.145. The Balaban J connectivity index is 1.86. The lowest BCUT2D eigenvalue weighted by atomic mass is 9.78. The summed E-state index contributed by atoms with van der Waals surface area (Å²) >= 11 is 1.68. The predicted octanol–water partition coefficient (Wildman–Crippen LogP) is 2.66. The minimum Gasteiger partial charge on any atom is -0.383 e. The van der Waals surface area contributed by atoms with Crippen molar-refractivity contribution in [3.05, 3.63) is 44.6 Å². The first-order valence-electron chi connectivity index (χ1n) is 9.53. The number of nitrogens with zero attached hydrogens (tertiary/aromatic N) is 3. The molecule has 7 heteroatoms. The molecule has 1 aromatic heterocycles. The van der Waals surface area contributed by atoms with Gasteiger partial charge in [0.05, 0.1) is 30.8 Å². The molecule has 0 radical (unpaired) electrons. The third-order valence-electron chi connectivity index (χ3n) is 5.47. The van der Waals surface area contributed by atoms with Crippen molar-refractivity contribution in [1.29, 1.82) is 5.26 Å².